The van der Waals surface area contributed by atoms with Gasteiger partial charge in [-0.25, -0.2) is 0 Å². The van der Waals surface area contributed by atoms with E-state index in [2.05, 4.69) is 22.5 Å². The quantitative estimate of drug-likeness (QED) is 0.560. The first kappa shape index (κ1) is 8.27. The third kappa shape index (κ3) is 1.80. The van der Waals surface area contributed by atoms with Gasteiger partial charge < -0.3 is 4.42 Å². The maximum absolute atomic E-state index is 11.2. The molecule has 1 heterocycles. The Balaban J connectivity index is 2.94. The maximum atomic E-state index is 11.2. The SMILES string of the molecule is C=C(C)C(=O)c1coc(Br)c1. The molecule has 0 spiro atoms. The van der Waals surface area contributed by atoms with Crippen LogP contribution in [-0.2, 0) is 0 Å². The van der Waals surface area contributed by atoms with Crippen LogP contribution in [0.3, 0.4) is 0 Å². The second-order valence-electron chi connectivity index (χ2n) is 2.25. The highest BCUT2D eigenvalue weighted by Crippen LogP contribution is 2.16. The number of ketones is 1. The molecule has 0 aliphatic heterocycles. The van der Waals surface area contributed by atoms with Crippen molar-refractivity contribution in [3.63, 3.8) is 0 Å². The van der Waals surface area contributed by atoms with Gasteiger partial charge >= 0.3 is 0 Å². The summed E-state index contributed by atoms with van der Waals surface area (Å²) in [5.74, 6) is -0.0838. The van der Waals surface area contributed by atoms with Crippen molar-refractivity contribution in [3.05, 3.63) is 34.7 Å². The zero-order chi connectivity index (χ0) is 8.43. The van der Waals surface area contributed by atoms with Gasteiger partial charge in [0.2, 0.25) is 0 Å². The minimum Gasteiger partial charge on any atom is -0.457 e. The number of halogens is 1. The molecule has 11 heavy (non-hydrogen) atoms. The molecular weight excluding hydrogens is 208 g/mol. The summed E-state index contributed by atoms with van der Waals surface area (Å²) < 4.78 is 5.45. The first-order valence-electron chi connectivity index (χ1n) is 3.05. The van der Waals surface area contributed by atoms with E-state index in [0.717, 1.165) is 0 Å². The maximum Gasteiger partial charge on any atom is 0.191 e. The number of carbonyl (C=O) groups excluding carboxylic acids is 1. The van der Waals surface area contributed by atoms with Crippen molar-refractivity contribution < 1.29 is 9.21 Å². The number of hydrogen-bond acceptors (Lipinski definition) is 2. The molecule has 0 saturated carbocycles. The lowest BCUT2D eigenvalue weighted by molar-refractivity contribution is 0.103. The standard InChI is InChI=1S/C8H7BrO2/c1-5(2)8(10)6-3-7(9)11-4-6/h3-4H,1H2,2H3. The highest BCUT2D eigenvalue weighted by atomic mass is 79.9. The Kier molecular flexibility index (Phi) is 2.29. The fourth-order valence-corrected chi connectivity index (χ4v) is 1.02. The van der Waals surface area contributed by atoms with Crippen LogP contribution in [0.25, 0.3) is 0 Å². The Hall–Kier alpha value is -0.830. The summed E-state index contributed by atoms with van der Waals surface area (Å²) in [4.78, 5) is 11.2. The number of furan rings is 1. The van der Waals surface area contributed by atoms with E-state index in [1.54, 1.807) is 13.0 Å². The minimum atomic E-state index is -0.0838. The van der Waals surface area contributed by atoms with Gasteiger partial charge in [0.05, 0.1) is 5.56 Å². The molecule has 58 valence electrons. The van der Waals surface area contributed by atoms with Crippen molar-refractivity contribution >= 4 is 21.7 Å². The summed E-state index contributed by atoms with van der Waals surface area (Å²) >= 11 is 3.10. The molecule has 2 nitrogen and oxygen atoms in total. The molecule has 0 N–H and O–H groups in total. The van der Waals surface area contributed by atoms with Crippen molar-refractivity contribution in [3.8, 4) is 0 Å². The van der Waals surface area contributed by atoms with Crippen molar-refractivity contribution in [1.29, 1.82) is 0 Å². The summed E-state index contributed by atoms with van der Waals surface area (Å²) in [7, 11) is 0. The van der Waals surface area contributed by atoms with Gasteiger partial charge in [-0.15, -0.1) is 0 Å². The second kappa shape index (κ2) is 3.05. The minimum absolute atomic E-state index is 0.0838. The van der Waals surface area contributed by atoms with Crippen LogP contribution < -0.4 is 0 Å². The Morgan fingerprint density at radius 2 is 2.36 bits per heavy atom. The molecule has 0 fully saturated rings. The Morgan fingerprint density at radius 1 is 1.73 bits per heavy atom. The zero-order valence-electron chi connectivity index (χ0n) is 6.06. The molecule has 3 heteroatoms. The van der Waals surface area contributed by atoms with E-state index in [1.807, 2.05) is 0 Å². The van der Waals surface area contributed by atoms with E-state index >= 15 is 0 Å². The molecule has 0 atom stereocenters. The van der Waals surface area contributed by atoms with Gasteiger partial charge in [0.25, 0.3) is 0 Å². The van der Waals surface area contributed by atoms with Gasteiger partial charge in [0.1, 0.15) is 6.26 Å². The lowest BCUT2D eigenvalue weighted by atomic mass is 10.1. The molecule has 0 radical (unpaired) electrons. The van der Waals surface area contributed by atoms with Gasteiger partial charge in [0.15, 0.2) is 10.5 Å². The molecule has 0 aliphatic carbocycles. The monoisotopic (exact) mass is 214 g/mol. The fraction of sp³-hybridized carbons (Fsp3) is 0.125. The molecule has 0 aliphatic rings. The van der Waals surface area contributed by atoms with Crippen molar-refractivity contribution in [1.82, 2.24) is 0 Å². The molecular formula is C8H7BrO2. The predicted octanol–water partition coefficient (Wildman–Crippen LogP) is 2.80. The Morgan fingerprint density at radius 3 is 2.73 bits per heavy atom. The first-order valence-corrected chi connectivity index (χ1v) is 3.85. The van der Waals surface area contributed by atoms with Gasteiger partial charge in [0, 0.05) is 6.07 Å². The average Bonchev–Trinajstić information content (AvgIpc) is 2.34. The topological polar surface area (TPSA) is 30.2 Å². The van der Waals surface area contributed by atoms with Crippen LogP contribution in [0.4, 0.5) is 0 Å². The lowest BCUT2D eigenvalue weighted by Crippen LogP contribution is -1.96. The summed E-state index contributed by atoms with van der Waals surface area (Å²) in [6, 6.07) is 1.62. The van der Waals surface area contributed by atoms with Crippen molar-refractivity contribution in [2.45, 2.75) is 6.92 Å². The third-order valence-electron chi connectivity index (χ3n) is 1.22. The summed E-state index contributed by atoms with van der Waals surface area (Å²) in [5, 5.41) is 0. The molecule has 0 unspecified atom stereocenters. The normalized spacial score (nSPS) is 9.64. The van der Waals surface area contributed by atoms with Crippen LogP contribution in [0.1, 0.15) is 17.3 Å². The van der Waals surface area contributed by atoms with Crippen LogP contribution in [0.15, 0.2) is 33.6 Å². The van der Waals surface area contributed by atoms with E-state index in [4.69, 9.17) is 4.42 Å². The largest absolute Gasteiger partial charge is 0.457 e. The van der Waals surface area contributed by atoms with Crippen LogP contribution in [-0.4, -0.2) is 5.78 Å². The van der Waals surface area contributed by atoms with Gasteiger partial charge in [-0.3, -0.25) is 4.79 Å². The smallest absolute Gasteiger partial charge is 0.191 e. The van der Waals surface area contributed by atoms with Gasteiger partial charge in [-0.1, -0.05) is 6.58 Å². The number of carbonyl (C=O) groups is 1. The Labute approximate surface area is 73.0 Å². The first-order chi connectivity index (χ1) is 5.11. The zero-order valence-corrected chi connectivity index (χ0v) is 7.64. The van der Waals surface area contributed by atoms with E-state index in [1.165, 1.54) is 6.26 Å². The highest BCUT2D eigenvalue weighted by molar-refractivity contribution is 9.10. The molecule has 1 aromatic heterocycles. The number of allylic oxidation sites excluding steroid dienone is 1. The highest BCUT2D eigenvalue weighted by Gasteiger charge is 2.08. The van der Waals surface area contributed by atoms with Crippen LogP contribution in [0.5, 0.6) is 0 Å². The van der Waals surface area contributed by atoms with E-state index in [-0.39, 0.29) is 5.78 Å². The van der Waals surface area contributed by atoms with Crippen molar-refractivity contribution in [2.75, 3.05) is 0 Å². The van der Waals surface area contributed by atoms with E-state index in [0.29, 0.717) is 15.8 Å². The fourth-order valence-electron chi connectivity index (χ4n) is 0.676. The number of rotatable bonds is 2. The van der Waals surface area contributed by atoms with Crippen molar-refractivity contribution in [2.24, 2.45) is 0 Å². The van der Waals surface area contributed by atoms with Crippen LogP contribution in [0.2, 0.25) is 0 Å². The van der Waals surface area contributed by atoms with E-state index < -0.39 is 0 Å². The second-order valence-corrected chi connectivity index (χ2v) is 3.03. The summed E-state index contributed by atoms with van der Waals surface area (Å²) in [6.45, 7) is 5.20. The van der Waals surface area contributed by atoms with E-state index in [9.17, 15) is 4.79 Å². The lowest BCUT2D eigenvalue weighted by Gasteiger charge is -1.90. The number of hydrogen-bond donors (Lipinski definition) is 0. The van der Waals surface area contributed by atoms with Crippen LogP contribution in [0, 0.1) is 0 Å². The van der Waals surface area contributed by atoms with Gasteiger partial charge in [-0.2, -0.15) is 0 Å². The molecule has 1 rings (SSSR count). The number of Topliss-reactive ketones (excluding diaryl/α,β-unsaturated/α-hetero) is 1. The molecule has 0 amide bonds. The van der Waals surface area contributed by atoms with Gasteiger partial charge in [-0.05, 0) is 28.4 Å². The third-order valence-corrected chi connectivity index (χ3v) is 1.63. The molecule has 0 saturated heterocycles. The molecule has 1 aromatic rings. The average molecular weight is 215 g/mol. The summed E-state index contributed by atoms with van der Waals surface area (Å²) in [6.07, 6.45) is 1.40. The van der Waals surface area contributed by atoms with Crippen LogP contribution >= 0.6 is 15.9 Å². The molecule has 0 aromatic carbocycles. The molecule has 0 bridgehead atoms. The Bertz CT molecular complexity index is 299. The summed E-state index contributed by atoms with van der Waals surface area (Å²) in [5.41, 5.74) is 1.04. The predicted molar refractivity (Wildman–Crippen MR) is 45.6 cm³/mol.